The highest BCUT2D eigenvalue weighted by molar-refractivity contribution is 4.66. The summed E-state index contributed by atoms with van der Waals surface area (Å²) in [5, 5.41) is 13.0. The van der Waals surface area contributed by atoms with Crippen molar-refractivity contribution >= 4 is 0 Å². The number of aliphatic hydroxyl groups excluding tert-OH is 1. The minimum Gasteiger partial charge on any atom is -0.389 e. The molecule has 0 heterocycles. The van der Waals surface area contributed by atoms with Crippen LogP contribution in [0.3, 0.4) is 0 Å². The highest BCUT2D eigenvalue weighted by Gasteiger charge is 2.14. The van der Waals surface area contributed by atoms with Crippen LogP contribution in [0.4, 0.5) is 0 Å². The summed E-state index contributed by atoms with van der Waals surface area (Å²) in [4.78, 5) is 0. The van der Waals surface area contributed by atoms with Crippen LogP contribution in [0, 0.1) is 5.92 Å². The summed E-state index contributed by atoms with van der Waals surface area (Å²) in [6.07, 6.45) is 7.63. The minimum absolute atomic E-state index is 0.364. The SMILES string of the molecule is CC(C)CNCC(O)COC1CCCCCC1. The maximum Gasteiger partial charge on any atom is 0.0897 e. The number of hydrogen-bond acceptors (Lipinski definition) is 3. The van der Waals surface area contributed by atoms with Crippen LogP contribution in [-0.2, 0) is 4.74 Å². The number of ether oxygens (including phenoxy) is 1. The zero-order valence-electron chi connectivity index (χ0n) is 11.5. The molecule has 0 radical (unpaired) electrons. The zero-order valence-corrected chi connectivity index (χ0v) is 11.5. The molecule has 1 saturated carbocycles. The first-order chi connectivity index (χ1) is 8.18. The Morgan fingerprint density at radius 3 is 2.35 bits per heavy atom. The molecule has 0 amide bonds. The van der Waals surface area contributed by atoms with Crippen LogP contribution in [0.5, 0.6) is 0 Å². The second-order valence-electron chi connectivity index (χ2n) is 5.65. The van der Waals surface area contributed by atoms with E-state index in [4.69, 9.17) is 4.74 Å². The van der Waals surface area contributed by atoms with Crippen LogP contribution in [-0.4, -0.2) is 37.0 Å². The highest BCUT2D eigenvalue weighted by Crippen LogP contribution is 2.19. The van der Waals surface area contributed by atoms with E-state index in [9.17, 15) is 5.11 Å². The van der Waals surface area contributed by atoms with E-state index in [0.717, 1.165) is 6.54 Å². The van der Waals surface area contributed by atoms with Crippen molar-refractivity contribution in [3.05, 3.63) is 0 Å². The Morgan fingerprint density at radius 1 is 1.12 bits per heavy atom. The molecule has 0 aromatic rings. The van der Waals surface area contributed by atoms with Gasteiger partial charge in [0.2, 0.25) is 0 Å². The largest absolute Gasteiger partial charge is 0.389 e. The molecule has 0 aromatic heterocycles. The maximum absolute atomic E-state index is 9.78. The summed E-state index contributed by atoms with van der Waals surface area (Å²) in [5.41, 5.74) is 0. The van der Waals surface area contributed by atoms with Crippen molar-refractivity contribution in [2.75, 3.05) is 19.7 Å². The third kappa shape index (κ3) is 7.74. The molecular formula is C14H29NO2. The van der Waals surface area contributed by atoms with Gasteiger partial charge < -0.3 is 15.2 Å². The van der Waals surface area contributed by atoms with Gasteiger partial charge in [-0.2, -0.15) is 0 Å². The second kappa shape index (κ2) is 8.90. The van der Waals surface area contributed by atoms with E-state index >= 15 is 0 Å². The summed E-state index contributed by atoms with van der Waals surface area (Å²) >= 11 is 0. The molecule has 0 saturated heterocycles. The summed E-state index contributed by atoms with van der Waals surface area (Å²) in [6, 6.07) is 0. The first-order valence-electron chi connectivity index (χ1n) is 7.19. The molecule has 0 bridgehead atoms. The molecule has 3 nitrogen and oxygen atoms in total. The van der Waals surface area contributed by atoms with Crippen molar-refractivity contribution in [2.24, 2.45) is 5.92 Å². The first-order valence-corrected chi connectivity index (χ1v) is 7.19. The molecule has 1 rings (SSSR count). The smallest absolute Gasteiger partial charge is 0.0897 e. The molecule has 1 aliphatic carbocycles. The summed E-state index contributed by atoms with van der Waals surface area (Å²) in [7, 11) is 0. The van der Waals surface area contributed by atoms with E-state index in [0.29, 0.717) is 25.2 Å². The van der Waals surface area contributed by atoms with Gasteiger partial charge in [-0.05, 0) is 25.3 Å². The Balaban J connectivity index is 2.03. The van der Waals surface area contributed by atoms with Crippen LogP contribution >= 0.6 is 0 Å². The molecule has 1 aliphatic rings. The van der Waals surface area contributed by atoms with Gasteiger partial charge in [-0.3, -0.25) is 0 Å². The van der Waals surface area contributed by atoms with Crippen molar-refractivity contribution < 1.29 is 9.84 Å². The molecular weight excluding hydrogens is 214 g/mol. The molecule has 3 heteroatoms. The lowest BCUT2D eigenvalue weighted by Gasteiger charge is -2.19. The van der Waals surface area contributed by atoms with Crippen LogP contribution in [0.25, 0.3) is 0 Å². The fraction of sp³-hybridized carbons (Fsp3) is 1.00. The van der Waals surface area contributed by atoms with Crippen molar-refractivity contribution in [3.63, 3.8) is 0 Å². The molecule has 102 valence electrons. The minimum atomic E-state index is -0.364. The molecule has 1 fully saturated rings. The average molecular weight is 243 g/mol. The van der Waals surface area contributed by atoms with Gasteiger partial charge in [0.1, 0.15) is 0 Å². The summed E-state index contributed by atoms with van der Waals surface area (Å²) in [5.74, 6) is 0.630. The van der Waals surface area contributed by atoms with Crippen molar-refractivity contribution in [3.8, 4) is 0 Å². The average Bonchev–Trinajstić information content (AvgIpc) is 2.54. The van der Waals surface area contributed by atoms with Gasteiger partial charge in [-0.15, -0.1) is 0 Å². The van der Waals surface area contributed by atoms with E-state index in [1.165, 1.54) is 38.5 Å². The lowest BCUT2D eigenvalue weighted by atomic mass is 10.1. The molecule has 0 aromatic carbocycles. The van der Waals surface area contributed by atoms with Crippen LogP contribution in [0.1, 0.15) is 52.4 Å². The summed E-state index contributed by atoms with van der Waals surface area (Å²) < 4.78 is 5.79. The monoisotopic (exact) mass is 243 g/mol. The third-order valence-electron chi connectivity index (χ3n) is 3.26. The number of rotatable bonds is 7. The Kier molecular flexibility index (Phi) is 7.82. The van der Waals surface area contributed by atoms with Crippen LogP contribution in [0.15, 0.2) is 0 Å². The fourth-order valence-corrected chi connectivity index (χ4v) is 2.25. The Morgan fingerprint density at radius 2 is 1.76 bits per heavy atom. The standard InChI is InChI=1S/C14H29NO2/c1-12(2)9-15-10-13(16)11-17-14-7-5-3-4-6-8-14/h12-16H,3-11H2,1-2H3. The van der Waals surface area contributed by atoms with Gasteiger partial charge in [-0.1, -0.05) is 39.5 Å². The number of nitrogens with one attached hydrogen (secondary N) is 1. The topological polar surface area (TPSA) is 41.5 Å². The maximum atomic E-state index is 9.78. The van der Waals surface area contributed by atoms with E-state index in [1.54, 1.807) is 0 Å². The van der Waals surface area contributed by atoms with E-state index in [-0.39, 0.29) is 6.10 Å². The lowest BCUT2D eigenvalue weighted by molar-refractivity contribution is -0.0144. The summed E-state index contributed by atoms with van der Waals surface area (Å²) in [6.45, 7) is 6.42. The second-order valence-corrected chi connectivity index (χ2v) is 5.65. The van der Waals surface area contributed by atoms with Crippen LogP contribution in [0.2, 0.25) is 0 Å². The first kappa shape index (κ1) is 14.9. The van der Waals surface area contributed by atoms with E-state index in [2.05, 4.69) is 19.2 Å². The van der Waals surface area contributed by atoms with Gasteiger partial charge in [0, 0.05) is 6.54 Å². The normalized spacial score (nSPS) is 20.5. The Hall–Kier alpha value is -0.120. The number of hydrogen-bond donors (Lipinski definition) is 2. The van der Waals surface area contributed by atoms with E-state index in [1.807, 2.05) is 0 Å². The van der Waals surface area contributed by atoms with Crippen molar-refractivity contribution in [2.45, 2.75) is 64.6 Å². The molecule has 0 spiro atoms. The zero-order chi connectivity index (χ0) is 12.5. The predicted octanol–water partition coefficient (Wildman–Crippen LogP) is 2.33. The predicted molar refractivity (Wildman–Crippen MR) is 71.2 cm³/mol. The van der Waals surface area contributed by atoms with Gasteiger partial charge in [0.25, 0.3) is 0 Å². The molecule has 1 atom stereocenters. The fourth-order valence-electron chi connectivity index (χ4n) is 2.25. The Labute approximate surface area is 106 Å². The van der Waals surface area contributed by atoms with Crippen LogP contribution < -0.4 is 5.32 Å². The molecule has 2 N–H and O–H groups in total. The van der Waals surface area contributed by atoms with Gasteiger partial charge in [0.05, 0.1) is 18.8 Å². The van der Waals surface area contributed by atoms with Gasteiger partial charge >= 0.3 is 0 Å². The third-order valence-corrected chi connectivity index (χ3v) is 3.26. The van der Waals surface area contributed by atoms with Gasteiger partial charge in [-0.25, -0.2) is 0 Å². The molecule has 17 heavy (non-hydrogen) atoms. The van der Waals surface area contributed by atoms with Crippen molar-refractivity contribution in [1.29, 1.82) is 0 Å². The van der Waals surface area contributed by atoms with Gasteiger partial charge in [0.15, 0.2) is 0 Å². The van der Waals surface area contributed by atoms with Crippen molar-refractivity contribution in [1.82, 2.24) is 5.32 Å². The lowest BCUT2D eigenvalue weighted by Crippen LogP contribution is -2.33. The number of aliphatic hydroxyl groups is 1. The molecule has 1 unspecified atom stereocenters. The quantitative estimate of drug-likeness (QED) is 0.674. The molecule has 0 aliphatic heterocycles. The van der Waals surface area contributed by atoms with E-state index < -0.39 is 0 Å². The Bertz CT molecular complexity index is 177. The highest BCUT2D eigenvalue weighted by atomic mass is 16.5.